The minimum atomic E-state index is -4.44. The second-order valence-corrected chi connectivity index (χ2v) is 8.92. The Balaban J connectivity index is 1.42. The molecule has 180 valence electrons. The highest BCUT2D eigenvalue weighted by Crippen LogP contribution is 2.55. The fourth-order valence-electron chi connectivity index (χ4n) is 3.93. The van der Waals surface area contributed by atoms with Gasteiger partial charge in [0.2, 0.25) is 6.10 Å². The van der Waals surface area contributed by atoms with Gasteiger partial charge in [-0.15, -0.1) is 0 Å². The minimum absolute atomic E-state index is 0.225. The Morgan fingerprint density at radius 3 is 2.29 bits per heavy atom. The number of ether oxygens (including phenoxy) is 2. The molecule has 8 heteroatoms. The standard InChI is InChI=1S/C27H23F3N2O3/c1-26(2)23(24(26)34-21-13-11-18(12-14-21)27(28,29)30)25(33)35-22(16-31)17-7-6-10-20(15-17)32-19-8-4-3-5-9-19/h3-15,22-24,32H,1-2H3. The average Bonchev–Trinajstić information content (AvgIpc) is 3.37. The number of hydrogen-bond acceptors (Lipinski definition) is 5. The van der Waals surface area contributed by atoms with Crippen LogP contribution in [-0.2, 0) is 15.7 Å². The number of carbonyl (C=O) groups is 1. The summed E-state index contributed by atoms with van der Waals surface area (Å²) in [6, 6.07) is 22.9. The van der Waals surface area contributed by atoms with E-state index in [1.807, 2.05) is 42.5 Å². The normalized spacial score (nSPS) is 19.2. The van der Waals surface area contributed by atoms with Crippen molar-refractivity contribution in [2.75, 3.05) is 5.32 Å². The topological polar surface area (TPSA) is 71.3 Å². The van der Waals surface area contributed by atoms with Crippen LogP contribution in [0, 0.1) is 22.7 Å². The lowest BCUT2D eigenvalue weighted by molar-refractivity contribution is -0.149. The average molecular weight is 480 g/mol. The summed E-state index contributed by atoms with van der Waals surface area (Å²) in [6.07, 6.45) is -6.15. The predicted octanol–water partition coefficient (Wildman–Crippen LogP) is 6.66. The van der Waals surface area contributed by atoms with Crippen molar-refractivity contribution in [2.45, 2.75) is 32.2 Å². The van der Waals surface area contributed by atoms with Gasteiger partial charge in [0.25, 0.3) is 0 Å². The van der Waals surface area contributed by atoms with E-state index in [0.29, 0.717) is 5.56 Å². The molecule has 3 unspecified atom stereocenters. The third-order valence-corrected chi connectivity index (χ3v) is 6.03. The van der Waals surface area contributed by atoms with Gasteiger partial charge < -0.3 is 14.8 Å². The van der Waals surface area contributed by atoms with Crippen molar-refractivity contribution in [1.29, 1.82) is 5.26 Å². The molecule has 0 aromatic heterocycles. The first-order chi connectivity index (χ1) is 16.6. The van der Waals surface area contributed by atoms with E-state index >= 15 is 0 Å². The summed E-state index contributed by atoms with van der Waals surface area (Å²) in [4.78, 5) is 12.9. The SMILES string of the molecule is CC1(C)C(Oc2ccc(C(F)(F)F)cc2)C1C(=O)OC(C#N)c1cccc(Nc2ccccc2)c1. The molecule has 1 aliphatic rings. The summed E-state index contributed by atoms with van der Waals surface area (Å²) in [6.45, 7) is 3.61. The number of halogens is 3. The third kappa shape index (κ3) is 5.40. The largest absolute Gasteiger partial charge is 0.489 e. The van der Waals surface area contributed by atoms with Crippen molar-refractivity contribution in [3.8, 4) is 11.8 Å². The molecular formula is C27H23F3N2O3. The third-order valence-electron chi connectivity index (χ3n) is 6.03. The van der Waals surface area contributed by atoms with Crippen molar-refractivity contribution in [2.24, 2.45) is 11.3 Å². The predicted molar refractivity (Wildman–Crippen MR) is 124 cm³/mol. The molecular weight excluding hydrogens is 457 g/mol. The maximum Gasteiger partial charge on any atom is 0.416 e. The minimum Gasteiger partial charge on any atom is -0.489 e. The van der Waals surface area contributed by atoms with Gasteiger partial charge in [0, 0.05) is 22.4 Å². The first kappa shape index (κ1) is 24.1. The molecule has 0 heterocycles. The van der Waals surface area contributed by atoms with Gasteiger partial charge >= 0.3 is 12.1 Å². The number of alkyl halides is 3. The van der Waals surface area contributed by atoms with Crippen molar-refractivity contribution in [1.82, 2.24) is 0 Å². The summed E-state index contributed by atoms with van der Waals surface area (Å²) in [5.74, 6) is -1.03. The number of rotatable bonds is 7. The molecule has 1 saturated carbocycles. The number of hydrogen-bond donors (Lipinski definition) is 1. The number of nitrogens with one attached hydrogen (secondary N) is 1. The molecule has 3 atom stereocenters. The number of carbonyl (C=O) groups excluding carboxylic acids is 1. The molecule has 0 saturated heterocycles. The maximum atomic E-state index is 12.9. The molecule has 1 N–H and O–H groups in total. The van der Waals surface area contributed by atoms with Gasteiger partial charge in [0.05, 0.1) is 5.56 Å². The van der Waals surface area contributed by atoms with Crippen LogP contribution in [0.2, 0.25) is 0 Å². The summed E-state index contributed by atoms with van der Waals surface area (Å²) < 4.78 is 49.7. The number of para-hydroxylation sites is 1. The molecule has 35 heavy (non-hydrogen) atoms. The smallest absolute Gasteiger partial charge is 0.416 e. The molecule has 1 aliphatic carbocycles. The highest BCUT2D eigenvalue weighted by molar-refractivity contribution is 5.79. The molecule has 0 spiro atoms. The zero-order valence-corrected chi connectivity index (χ0v) is 19.0. The lowest BCUT2D eigenvalue weighted by Crippen LogP contribution is -2.16. The van der Waals surface area contributed by atoms with Crippen LogP contribution in [0.25, 0.3) is 0 Å². The summed E-state index contributed by atoms with van der Waals surface area (Å²) >= 11 is 0. The molecule has 5 nitrogen and oxygen atoms in total. The Morgan fingerprint density at radius 2 is 1.66 bits per heavy atom. The fraction of sp³-hybridized carbons (Fsp3) is 0.259. The first-order valence-corrected chi connectivity index (χ1v) is 11.0. The first-order valence-electron chi connectivity index (χ1n) is 11.0. The Morgan fingerprint density at radius 1 is 1.00 bits per heavy atom. The van der Waals surface area contributed by atoms with Crippen LogP contribution in [-0.4, -0.2) is 12.1 Å². The van der Waals surface area contributed by atoms with Crippen LogP contribution in [0.5, 0.6) is 5.75 Å². The van der Waals surface area contributed by atoms with E-state index in [9.17, 15) is 23.2 Å². The summed E-state index contributed by atoms with van der Waals surface area (Å²) in [7, 11) is 0. The zero-order chi connectivity index (χ0) is 25.2. The number of benzene rings is 3. The van der Waals surface area contributed by atoms with Crippen molar-refractivity contribution >= 4 is 17.3 Å². The molecule has 4 rings (SSSR count). The van der Waals surface area contributed by atoms with Crippen molar-refractivity contribution in [3.63, 3.8) is 0 Å². The zero-order valence-electron chi connectivity index (χ0n) is 19.0. The monoisotopic (exact) mass is 480 g/mol. The van der Waals surface area contributed by atoms with Gasteiger partial charge in [-0.3, -0.25) is 4.79 Å². The van der Waals surface area contributed by atoms with E-state index in [2.05, 4.69) is 5.32 Å². The Kier molecular flexibility index (Phi) is 6.44. The van der Waals surface area contributed by atoms with E-state index in [1.54, 1.807) is 32.0 Å². The molecule has 0 amide bonds. The highest BCUT2D eigenvalue weighted by atomic mass is 19.4. The van der Waals surface area contributed by atoms with E-state index in [-0.39, 0.29) is 5.75 Å². The molecule has 0 bridgehead atoms. The lowest BCUT2D eigenvalue weighted by atomic mass is 10.1. The number of nitriles is 1. The van der Waals surface area contributed by atoms with Gasteiger partial charge in [-0.05, 0) is 48.5 Å². The molecule has 1 fully saturated rings. The Bertz CT molecular complexity index is 1240. The second kappa shape index (κ2) is 9.34. The Hall–Kier alpha value is -3.99. The number of anilines is 2. The van der Waals surface area contributed by atoms with Crippen molar-refractivity contribution < 1.29 is 27.4 Å². The second-order valence-electron chi connectivity index (χ2n) is 8.92. The molecule has 3 aromatic carbocycles. The molecule has 0 aliphatic heterocycles. The van der Waals surface area contributed by atoms with Gasteiger partial charge in [0.1, 0.15) is 23.8 Å². The van der Waals surface area contributed by atoms with Crippen LogP contribution in [0.4, 0.5) is 24.5 Å². The maximum absolute atomic E-state index is 12.9. The van der Waals surface area contributed by atoms with Gasteiger partial charge in [-0.25, -0.2) is 0 Å². The van der Waals surface area contributed by atoms with Crippen molar-refractivity contribution in [3.05, 3.63) is 90.0 Å². The van der Waals surface area contributed by atoms with E-state index in [4.69, 9.17) is 9.47 Å². The van der Waals surface area contributed by atoms with Crippen LogP contribution in [0.15, 0.2) is 78.9 Å². The van der Waals surface area contributed by atoms with Gasteiger partial charge in [0.15, 0.2) is 0 Å². The van der Waals surface area contributed by atoms with E-state index in [1.165, 1.54) is 12.1 Å². The molecule has 0 radical (unpaired) electrons. The number of esters is 1. The Labute approximate surface area is 201 Å². The van der Waals surface area contributed by atoms with Crippen LogP contribution < -0.4 is 10.1 Å². The molecule has 3 aromatic rings. The fourth-order valence-corrected chi connectivity index (χ4v) is 3.93. The van der Waals surface area contributed by atoms with Crippen LogP contribution >= 0.6 is 0 Å². The van der Waals surface area contributed by atoms with E-state index < -0.39 is 41.2 Å². The number of nitrogens with zero attached hydrogens (tertiary/aromatic N) is 1. The summed E-state index contributed by atoms with van der Waals surface area (Å²) in [5.41, 5.74) is 0.742. The van der Waals surface area contributed by atoms with Crippen LogP contribution in [0.1, 0.15) is 31.1 Å². The lowest BCUT2D eigenvalue weighted by Gasteiger charge is -2.14. The van der Waals surface area contributed by atoms with Crippen LogP contribution in [0.3, 0.4) is 0 Å². The summed E-state index contributed by atoms with van der Waals surface area (Å²) in [5, 5.41) is 12.9. The van der Waals surface area contributed by atoms with Gasteiger partial charge in [-0.1, -0.05) is 44.2 Å². The van der Waals surface area contributed by atoms with Gasteiger partial charge in [-0.2, -0.15) is 18.4 Å². The quantitative estimate of drug-likeness (QED) is 0.383. The van der Waals surface area contributed by atoms with E-state index in [0.717, 1.165) is 23.5 Å². The highest BCUT2D eigenvalue weighted by Gasteiger charge is 2.65.